The van der Waals surface area contributed by atoms with Crippen molar-refractivity contribution < 1.29 is 33.3 Å². The second kappa shape index (κ2) is 12.5. The van der Waals surface area contributed by atoms with E-state index in [1.54, 1.807) is 7.11 Å². The summed E-state index contributed by atoms with van der Waals surface area (Å²) < 4.78 is 22.2. The predicted octanol–water partition coefficient (Wildman–Crippen LogP) is 6.96. The van der Waals surface area contributed by atoms with E-state index in [-0.39, 0.29) is 35.2 Å². The van der Waals surface area contributed by atoms with Gasteiger partial charge in [0.1, 0.15) is 17.3 Å². The van der Waals surface area contributed by atoms with Gasteiger partial charge in [0.15, 0.2) is 0 Å². The quantitative estimate of drug-likeness (QED) is 0.116. The van der Waals surface area contributed by atoms with Gasteiger partial charge >= 0.3 is 17.9 Å². The molecule has 240 valence electrons. The lowest BCUT2D eigenvalue weighted by atomic mass is 9.50. The van der Waals surface area contributed by atoms with Crippen LogP contribution in [0.2, 0.25) is 0 Å². The minimum atomic E-state index is -0.288. The Hall–Kier alpha value is -1.89. The average molecular weight is 599 g/mol. The molecule has 0 aromatic carbocycles. The van der Waals surface area contributed by atoms with Gasteiger partial charge in [0.25, 0.3) is 0 Å². The monoisotopic (exact) mass is 598 g/mol. The van der Waals surface area contributed by atoms with E-state index in [0.29, 0.717) is 68.0 Å². The lowest BCUT2D eigenvalue weighted by Gasteiger charge is -2.59. The first kappa shape index (κ1) is 31.1. The average Bonchev–Trinajstić information content (AvgIpc) is 3.27. The molecule has 7 heteroatoms. The Morgan fingerprint density at radius 1 is 0.744 bits per heavy atom. The molecule has 1 aliphatic heterocycles. The van der Waals surface area contributed by atoms with E-state index in [1.165, 1.54) is 64.2 Å². The molecule has 8 saturated carbocycles. The van der Waals surface area contributed by atoms with E-state index in [1.807, 2.05) is 0 Å². The maximum atomic E-state index is 12.4. The Kier molecular flexibility index (Phi) is 9.03. The summed E-state index contributed by atoms with van der Waals surface area (Å²) in [5, 5.41) is 0. The molecule has 7 nitrogen and oxygen atoms in total. The zero-order valence-corrected chi connectivity index (χ0v) is 26.8. The minimum Gasteiger partial charge on any atom is -0.459 e. The van der Waals surface area contributed by atoms with Crippen LogP contribution in [0.3, 0.4) is 0 Å². The Balaban J connectivity index is 0.000000157. The highest BCUT2D eigenvalue weighted by molar-refractivity contribution is 5.89. The largest absolute Gasteiger partial charge is 0.459 e. The molecule has 0 amide bonds. The second-order valence-corrected chi connectivity index (χ2v) is 15.7. The Labute approximate surface area is 258 Å². The molecule has 1 heterocycles. The van der Waals surface area contributed by atoms with Gasteiger partial charge in [-0.25, -0.2) is 4.79 Å². The molecule has 9 fully saturated rings. The van der Waals surface area contributed by atoms with Gasteiger partial charge in [-0.2, -0.15) is 0 Å². The van der Waals surface area contributed by atoms with Gasteiger partial charge in [0.05, 0.1) is 0 Å². The lowest BCUT2D eigenvalue weighted by Crippen LogP contribution is -2.58. The van der Waals surface area contributed by atoms with Crippen LogP contribution in [0.25, 0.3) is 0 Å². The molecule has 0 aromatic rings. The highest BCUT2D eigenvalue weighted by atomic mass is 16.6. The third-order valence-corrected chi connectivity index (χ3v) is 12.9. The van der Waals surface area contributed by atoms with Crippen LogP contribution in [0.5, 0.6) is 0 Å². The summed E-state index contributed by atoms with van der Waals surface area (Å²) in [5.74, 6) is 5.59. The van der Waals surface area contributed by atoms with Crippen LogP contribution in [-0.2, 0) is 33.3 Å². The van der Waals surface area contributed by atoms with E-state index in [4.69, 9.17) is 18.9 Å². The topological polar surface area (TPSA) is 88.1 Å². The zero-order chi connectivity index (χ0) is 30.4. The van der Waals surface area contributed by atoms with Gasteiger partial charge in [-0.1, -0.05) is 6.58 Å². The first-order chi connectivity index (χ1) is 20.6. The molecule has 8 aliphatic carbocycles. The molecule has 43 heavy (non-hydrogen) atoms. The fraction of sp³-hybridized carbons (Fsp3) is 0.861. The number of cyclic esters (lactones) is 1. The second-order valence-electron chi connectivity index (χ2n) is 15.7. The van der Waals surface area contributed by atoms with E-state index >= 15 is 0 Å². The van der Waals surface area contributed by atoms with Gasteiger partial charge in [0, 0.05) is 38.6 Å². The SMILES string of the molecule is C=C1CC(CCCC(=O)OC2(C)C3CC4CC(C3)CC2C4)OC1=O.COCCCC(=O)OC1(C)C2CC3CC(C2)CC1C3. The third kappa shape index (κ3) is 6.44. The molecule has 0 spiro atoms. The Bertz CT molecular complexity index is 1010. The van der Waals surface area contributed by atoms with Crippen molar-refractivity contribution in [2.45, 2.75) is 134 Å². The normalized spacial score (nSPS) is 43.3. The van der Waals surface area contributed by atoms with E-state index in [9.17, 15) is 14.4 Å². The van der Waals surface area contributed by atoms with E-state index in [0.717, 1.165) is 30.1 Å². The highest BCUT2D eigenvalue weighted by Gasteiger charge is 2.58. The standard InChI is InChI=1S/C20H28O4.C16H26O3/c1-12-6-17(23-19(12)22)4-3-5-18(21)24-20(2)15-8-13-7-14(10-15)11-16(20)9-13;1-16(19-15(17)4-3-5-18-2)13-7-11-6-12(9-13)10-14(16)8-11/h13-17H,1,3-11H2,2H3;11-14H,3-10H2,1-2H3. The fourth-order valence-electron chi connectivity index (χ4n) is 10.8. The molecule has 0 aromatic heterocycles. The number of rotatable bonds is 10. The molecule has 1 saturated heterocycles. The summed E-state index contributed by atoms with van der Waals surface area (Å²) in [7, 11) is 1.67. The van der Waals surface area contributed by atoms with Gasteiger partial charge < -0.3 is 18.9 Å². The first-order valence-corrected chi connectivity index (χ1v) is 17.4. The van der Waals surface area contributed by atoms with Crippen molar-refractivity contribution in [2.75, 3.05) is 13.7 Å². The van der Waals surface area contributed by atoms with E-state index in [2.05, 4.69) is 20.4 Å². The summed E-state index contributed by atoms with van der Waals surface area (Å²) in [6, 6.07) is 0. The van der Waals surface area contributed by atoms with Crippen LogP contribution in [0.15, 0.2) is 12.2 Å². The number of carbonyl (C=O) groups is 3. The molecule has 8 bridgehead atoms. The summed E-state index contributed by atoms with van der Waals surface area (Å²) in [5.41, 5.74) is 0.139. The third-order valence-electron chi connectivity index (χ3n) is 12.9. The van der Waals surface area contributed by atoms with Crippen LogP contribution in [0.1, 0.15) is 117 Å². The van der Waals surface area contributed by atoms with Crippen molar-refractivity contribution in [3.63, 3.8) is 0 Å². The van der Waals surface area contributed by atoms with Crippen LogP contribution in [0, 0.1) is 47.3 Å². The number of hydrogen-bond donors (Lipinski definition) is 0. The summed E-state index contributed by atoms with van der Waals surface area (Å²) in [4.78, 5) is 35.7. The smallest absolute Gasteiger partial charge is 0.333 e. The van der Waals surface area contributed by atoms with Crippen LogP contribution in [-0.4, -0.2) is 48.9 Å². The van der Waals surface area contributed by atoms with Crippen LogP contribution in [0.4, 0.5) is 0 Å². The number of ether oxygens (including phenoxy) is 4. The van der Waals surface area contributed by atoms with Crippen molar-refractivity contribution in [1.29, 1.82) is 0 Å². The highest BCUT2D eigenvalue weighted by Crippen LogP contribution is 2.60. The number of methoxy groups -OCH3 is 1. The maximum absolute atomic E-state index is 12.4. The lowest BCUT2D eigenvalue weighted by molar-refractivity contribution is -0.204. The Morgan fingerprint density at radius 3 is 1.53 bits per heavy atom. The number of carbonyl (C=O) groups excluding carboxylic acids is 3. The Morgan fingerprint density at radius 2 is 1.16 bits per heavy atom. The summed E-state index contributed by atoms with van der Waals surface area (Å²) in [6.45, 7) is 8.72. The fourth-order valence-corrected chi connectivity index (χ4v) is 10.8. The van der Waals surface area contributed by atoms with Gasteiger partial charge in [0.2, 0.25) is 0 Å². The molecule has 0 radical (unpaired) electrons. The van der Waals surface area contributed by atoms with Crippen molar-refractivity contribution in [1.82, 2.24) is 0 Å². The molecule has 0 N–H and O–H groups in total. The predicted molar refractivity (Wildman–Crippen MR) is 162 cm³/mol. The van der Waals surface area contributed by atoms with Gasteiger partial charge in [-0.05, 0) is 145 Å². The summed E-state index contributed by atoms with van der Waals surface area (Å²) >= 11 is 0. The van der Waals surface area contributed by atoms with Crippen molar-refractivity contribution in [3.05, 3.63) is 12.2 Å². The number of esters is 3. The van der Waals surface area contributed by atoms with Crippen molar-refractivity contribution in [3.8, 4) is 0 Å². The molecule has 9 rings (SSSR count). The van der Waals surface area contributed by atoms with E-state index < -0.39 is 0 Å². The first-order valence-electron chi connectivity index (χ1n) is 17.4. The van der Waals surface area contributed by atoms with Gasteiger partial charge in [-0.3, -0.25) is 9.59 Å². The molecular weight excluding hydrogens is 544 g/mol. The van der Waals surface area contributed by atoms with Gasteiger partial charge in [-0.15, -0.1) is 0 Å². The van der Waals surface area contributed by atoms with Crippen molar-refractivity contribution >= 4 is 17.9 Å². The zero-order valence-electron chi connectivity index (χ0n) is 26.8. The molecule has 9 aliphatic rings. The van der Waals surface area contributed by atoms with Crippen molar-refractivity contribution in [2.24, 2.45) is 47.3 Å². The summed E-state index contributed by atoms with van der Waals surface area (Å²) in [6.07, 6.45) is 16.6. The molecule has 1 atom stereocenters. The maximum Gasteiger partial charge on any atom is 0.333 e. The number of hydrogen-bond acceptors (Lipinski definition) is 7. The molecular formula is C36H54O7. The minimum absolute atomic E-state index is 0.0213. The van der Waals surface area contributed by atoms with Crippen LogP contribution >= 0.6 is 0 Å². The molecule has 1 unspecified atom stereocenters. The van der Waals surface area contributed by atoms with Crippen LogP contribution < -0.4 is 0 Å².